The van der Waals surface area contributed by atoms with Gasteiger partial charge in [-0.3, -0.25) is 9.59 Å². The van der Waals surface area contributed by atoms with Crippen molar-refractivity contribution in [2.24, 2.45) is 11.8 Å². The number of nitrogens with one attached hydrogen (secondary N) is 1. The van der Waals surface area contributed by atoms with Gasteiger partial charge in [0.2, 0.25) is 15.9 Å². The predicted octanol–water partition coefficient (Wildman–Crippen LogP) is 1.18. The fraction of sp³-hybridized carbons (Fsp3) is 0.636. The molecule has 0 radical (unpaired) electrons. The number of amides is 1. The Labute approximate surface area is 184 Å². The Hall–Kier alpha value is -1.97. The maximum absolute atomic E-state index is 12.7. The molecule has 0 aliphatic carbocycles. The van der Waals surface area contributed by atoms with Crippen molar-refractivity contribution < 1.29 is 23.1 Å². The van der Waals surface area contributed by atoms with E-state index >= 15 is 0 Å². The molecule has 0 spiro atoms. The summed E-state index contributed by atoms with van der Waals surface area (Å²) in [4.78, 5) is 25.7. The lowest BCUT2D eigenvalue weighted by molar-refractivity contribution is -0.152. The Kier molecular flexibility index (Phi) is 8.07. The molecule has 31 heavy (non-hydrogen) atoms. The van der Waals surface area contributed by atoms with Crippen LogP contribution in [0.5, 0.6) is 0 Å². The standard InChI is InChI=1S/C21H31N3O3S.CH2O2/c1-28(26,27)22-13-20-18-12-17(19-8-5-9-21(25)24(19)20)14-23(15-18)11-10-16-6-3-2-4-7-16;2-1-3/h2-4,6-7,17-20,22H,5,8-15H2,1H3;1H,(H,2,3)/t17-,18+,19+,20+;/m1./s1. The Morgan fingerprint density at radius 2 is 1.87 bits per heavy atom. The van der Waals surface area contributed by atoms with Gasteiger partial charge in [-0.1, -0.05) is 30.3 Å². The minimum atomic E-state index is -3.27. The molecule has 9 heteroatoms. The zero-order valence-corrected chi connectivity index (χ0v) is 18.8. The second-order valence-electron chi connectivity index (χ2n) is 8.81. The highest BCUT2D eigenvalue weighted by Gasteiger charge is 2.49. The molecule has 4 rings (SSSR count). The van der Waals surface area contributed by atoms with E-state index in [2.05, 4.69) is 38.8 Å². The second kappa shape index (κ2) is 10.6. The lowest BCUT2D eigenvalue weighted by Crippen LogP contribution is -2.67. The van der Waals surface area contributed by atoms with Gasteiger partial charge in [-0.25, -0.2) is 13.1 Å². The van der Waals surface area contributed by atoms with Crippen molar-refractivity contribution >= 4 is 22.4 Å². The average molecular weight is 452 g/mol. The summed E-state index contributed by atoms with van der Waals surface area (Å²) in [5.74, 6) is 1.05. The third-order valence-corrected chi connectivity index (χ3v) is 7.38. The number of piperidine rings is 3. The molecule has 172 valence electrons. The van der Waals surface area contributed by atoms with Gasteiger partial charge < -0.3 is 14.9 Å². The number of sulfonamides is 1. The van der Waals surface area contributed by atoms with Crippen molar-refractivity contribution in [1.82, 2.24) is 14.5 Å². The van der Waals surface area contributed by atoms with E-state index in [0.717, 1.165) is 45.3 Å². The van der Waals surface area contributed by atoms with E-state index in [9.17, 15) is 13.2 Å². The van der Waals surface area contributed by atoms with Gasteiger partial charge in [-0.05, 0) is 43.1 Å². The van der Waals surface area contributed by atoms with Crippen molar-refractivity contribution in [3.63, 3.8) is 0 Å². The van der Waals surface area contributed by atoms with Crippen LogP contribution in [0.4, 0.5) is 0 Å². The summed E-state index contributed by atoms with van der Waals surface area (Å²) < 4.78 is 26.1. The number of likely N-dealkylation sites (tertiary alicyclic amines) is 1. The number of hydrogen-bond donors (Lipinski definition) is 2. The molecule has 0 saturated carbocycles. The first-order valence-electron chi connectivity index (χ1n) is 10.9. The number of benzene rings is 1. The zero-order chi connectivity index (χ0) is 22.4. The fourth-order valence-corrected chi connectivity index (χ4v) is 5.96. The van der Waals surface area contributed by atoms with Gasteiger partial charge in [-0.2, -0.15) is 0 Å². The minimum Gasteiger partial charge on any atom is -0.483 e. The van der Waals surface area contributed by atoms with E-state index in [0.29, 0.717) is 24.8 Å². The summed E-state index contributed by atoms with van der Waals surface area (Å²) in [7, 11) is -3.27. The SMILES string of the molecule is CS(=O)(=O)NC[C@H]1[C@H]2C[C@H](CN(CCc3ccccc3)C2)[C@@H]2CCCC(=O)N21.O=CO. The van der Waals surface area contributed by atoms with Crippen LogP contribution in [0, 0.1) is 11.8 Å². The lowest BCUT2D eigenvalue weighted by Gasteiger charge is -2.56. The largest absolute Gasteiger partial charge is 0.483 e. The van der Waals surface area contributed by atoms with Gasteiger partial charge in [0.1, 0.15) is 0 Å². The summed E-state index contributed by atoms with van der Waals surface area (Å²) >= 11 is 0. The van der Waals surface area contributed by atoms with Gasteiger partial charge in [0.25, 0.3) is 6.47 Å². The van der Waals surface area contributed by atoms with Crippen LogP contribution in [0.3, 0.4) is 0 Å². The van der Waals surface area contributed by atoms with E-state index in [1.165, 1.54) is 11.8 Å². The summed E-state index contributed by atoms with van der Waals surface area (Å²) in [5, 5.41) is 6.89. The number of carbonyl (C=O) groups excluding carboxylic acids is 1. The van der Waals surface area contributed by atoms with Gasteiger partial charge in [0, 0.05) is 44.7 Å². The Morgan fingerprint density at radius 1 is 1.19 bits per heavy atom. The molecule has 3 saturated heterocycles. The molecule has 3 fully saturated rings. The van der Waals surface area contributed by atoms with Crippen molar-refractivity contribution in [1.29, 1.82) is 0 Å². The molecule has 1 aromatic rings. The number of carboxylic acid groups (broad SMARTS) is 1. The summed E-state index contributed by atoms with van der Waals surface area (Å²) in [6, 6.07) is 10.8. The van der Waals surface area contributed by atoms with Crippen LogP contribution in [-0.2, 0) is 26.0 Å². The lowest BCUT2D eigenvalue weighted by atomic mass is 9.72. The van der Waals surface area contributed by atoms with Crippen LogP contribution in [0.25, 0.3) is 0 Å². The van der Waals surface area contributed by atoms with Crippen LogP contribution in [0.15, 0.2) is 30.3 Å². The van der Waals surface area contributed by atoms with Crippen molar-refractivity contribution in [3.05, 3.63) is 35.9 Å². The van der Waals surface area contributed by atoms with Crippen molar-refractivity contribution in [3.8, 4) is 0 Å². The van der Waals surface area contributed by atoms with Crippen LogP contribution >= 0.6 is 0 Å². The quantitative estimate of drug-likeness (QED) is 0.629. The van der Waals surface area contributed by atoms with E-state index < -0.39 is 10.0 Å². The van der Waals surface area contributed by atoms with E-state index in [-0.39, 0.29) is 24.5 Å². The average Bonchev–Trinajstić information content (AvgIpc) is 2.73. The Morgan fingerprint density at radius 3 is 2.55 bits per heavy atom. The number of fused-ring (bicyclic) bond motifs is 4. The van der Waals surface area contributed by atoms with Crippen LogP contribution in [0.2, 0.25) is 0 Å². The highest BCUT2D eigenvalue weighted by Crippen LogP contribution is 2.41. The highest BCUT2D eigenvalue weighted by molar-refractivity contribution is 7.88. The molecule has 2 N–H and O–H groups in total. The van der Waals surface area contributed by atoms with Gasteiger partial charge in [-0.15, -0.1) is 0 Å². The third-order valence-electron chi connectivity index (χ3n) is 6.69. The Balaban J connectivity index is 0.000000858. The molecule has 8 nitrogen and oxygen atoms in total. The van der Waals surface area contributed by atoms with Gasteiger partial charge in [0.05, 0.1) is 6.26 Å². The molecular formula is C22H33N3O5S. The smallest absolute Gasteiger partial charge is 0.290 e. The number of hydrogen-bond acceptors (Lipinski definition) is 5. The molecule has 3 aliphatic heterocycles. The molecule has 1 aromatic carbocycles. The minimum absolute atomic E-state index is 0.0247. The van der Waals surface area contributed by atoms with E-state index in [1.807, 2.05) is 6.07 Å². The summed E-state index contributed by atoms with van der Waals surface area (Å²) in [6.07, 6.45) is 5.93. The summed E-state index contributed by atoms with van der Waals surface area (Å²) in [6.45, 7) is 3.09. The molecule has 3 aliphatic rings. The van der Waals surface area contributed by atoms with Gasteiger partial charge >= 0.3 is 0 Å². The zero-order valence-electron chi connectivity index (χ0n) is 18.0. The third kappa shape index (κ3) is 6.27. The maximum atomic E-state index is 12.7. The van der Waals surface area contributed by atoms with Crippen LogP contribution < -0.4 is 4.72 Å². The van der Waals surface area contributed by atoms with Crippen LogP contribution in [0.1, 0.15) is 31.2 Å². The van der Waals surface area contributed by atoms with E-state index in [1.54, 1.807) is 0 Å². The first-order valence-corrected chi connectivity index (χ1v) is 12.8. The highest BCUT2D eigenvalue weighted by atomic mass is 32.2. The molecule has 0 aromatic heterocycles. The van der Waals surface area contributed by atoms with Crippen molar-refractivity contribution in [2.75, 3.05) is 32.4 Å². The number of rotatable bonds is 6. The van der Waals surface area contributed by atoms with Crippen LogP contribution in [-0.4, -0.2) is 80.2 Å². The maximum Gasteiger partial charge on any atom is 0.290 e. The predicted molar refractivity (Wildman–Crippen MR) is 118 cm³/mol. The van der Waals surface area contributed by atoms with Gasteiger partial charge in [0.15, 0.2) is 0 Å². The fourth-order valence-electron chi connectivity index (χ4n) is 5.49. The van der Waals surface area contributed by atoms with E-state index in [4.69, 9.17) is 9.90 Å². The van der Waals surface area contributed by atoms with Crippen molar-refractivity contribution in [2.45, 2.75) is 44.2 Å². The second-order valence-corrected chi connectivity index (χ2v) is 10.6. The summed E-state index contributed by atoms with van der Waals surface area (Å²) in [5.41, 5.74) is 1.35. The first-order chi connectivity index (χ1) is 14.8. The molecule has 0 unspecified atom stereocenters. The number of nitrogens with zero attached hydrogens (tertiary/aromatic N) is 2. The molecular weight excluding hydrogens is 418 g/mol. The molecule has 4 atom stereocenters. The molecule has 3 heterocycles. The topological polar surface area (TPSA) is 107 Å². The monoisotopic (exact) mass is 451 g/mol. The normalized spacial score (nSPS) is 28.3. The molecule has 1 amide bonds. The number of carbonyl (C=O) groups is 2. The first kappa shape index (κ1) is 23.7. The molecule has 2 bridgehead atoms. The Bertz CT molecular complexity index is 848.